The number of nitrogen functional groups attached to an aromatic ring is 1. The van der Waals surface area contributed by atoms with E-state index in [4.69, 9.17) is 26.8 Å². The molecule has 0 saturated carbocycles. The van der Waals surface area contributed by atoms with Crippen LogP contribution in [0.2, 0.25) is 0 Å². The molecule has 0 spiro atoms. The summed E-state index contributed by atoms with van der Waals surface area (Å²) in [6.45, 7) is 0.838. The molecule has 2 aliphatic heterocycles. The number of nitrogens with one attached hydrogen (secondary N) is 2. The van der Waals surface area contributed by atoms with Crippen molar-refractivity contribution in [1.29, 1.82) is 0 Å². The Labute approximate surface area is 293 Å². The van der Waals surface area contributed by atoms with Gasteiger partial charge in [0.25, 0.3) is 17.9 Å². The molecule has 51 heavy (non-hydrogen) atoms. The monoisotopic (exact) mass is 747 g/mol. The van der Waals surface area contributed by atoms with Crippen LogP contribution in [0.3, 0.4) is 0 Å². The number of nitrogens with two attached hydrogens (primary N) is 3. The van der Waals surface area contributed by atoms with E-state index in [1.54, 1.807) is 12.1 Å². The normalized spacial score (nSPS) is 19.7. The molecule has 2 aliphatic rings. The molecule has 272 valence electrons. The summed E-state index contributed by atoms with van der Waals surface area (Å²) < 4.78 is 40.2. The van der Waals surface area contributed by atoms with E-state index >= 15 is 0 Å². The van der Waals surface area contributed by atoms with Crippen LogP contribution in [0.5, 0.6) is 5.75 Å². The molecule has 4 heterocycles. The third kappa shape index (κ3) is 9.30. The Morgan fingerprint density at radius 2 is 1.92 bits per heavy atom. The fourth-order valence-corrected chi connectivity index (χ4v) is 6.39. The first-order valence-corrected chi connectivity index (χ1v) is 17.3. The van der Waals surface area contributed by atoms with E-state index in [0.29, 0.717) is 5.56 Å². The van der Waals surface area contributed by atoms with E-state index in [1.807, 2.05) is 0 Å². The highest BCUT2D eigenvalue weighted by Crippen LogP contribution is 2.25. The highest BCUT2D eigenvalue weighted by molar-refractivity contribution is 7.84. The summed E-state index contributed by atoms with van der Waals surface area (Å²) in [6, 6.07) is 3.46. The molecule has 0 unspecified atom stereocenters. The zero-order valence-corrected chi connectivity index (χ0v) is 28.1. The van der Waals surface area contributed by atoms with Crippen molar-refractivity contribution < 1.29 is 42.0 Å². The number of hydrogen-bond acceptors (Lipinski definition) is 15. The van der Waals surface area contributed by atoms with Crippen molar-refractivity contribution in [2.24, 2.45) is 26.6 Å². The number of carboxylic acids is 1. The SMILES string of the molecule is NC(=NC1CCNCC1)/N=C(\N)c1ccc(OC[C@H](O/N=C(\C(=O)N[C@@H]2C(=O)N(S(=O)(=O)O)[C@@H]2Cn2cncn2)c2csc(N)n2)C(=O)O)cc1. The Bertz CT molecular complexity index is 1930. The molecule has 0 radical (unpaired) electrons. The minimum Gasteiger partial charge on any atom is -0.489 e. The van der Waals surface area contributed by atoms with E-state index in [0.717, 1.165) is 43.6 Å². The van der Waals surface area contributed by atoms with Crippen molar-refractivity contribution in [2.45, 2.75) is 43.6 Å². The number of β-lactam (4-membered cyclic amide) rings is 1. The van der Waals surface area contributed by atoms with Crippen LogP contribution < -0.4 is 32.6 Å². The minimum atomic E-state index is -5.00. The molecule has 22 nitrogen and oxygen atoms in total. The number of oxime groups is 1. The van der Waals surface area contributed by atoms with Crippen LogP contribution in [0.15, 0.2) is 57.4 Å². The molecule has 10 N–H and O–H groups in total. The third-order valence-corrected chi connectivity index (χ3v) is 9.10. The van der Waals surface area contributed by atoms with E-state index in [-0.39, 0.29) is 45.3 Å². The van der Waals surface area contributed by atoms with Crippen molar-refractivity contribution in [1.82, 2.24) is 34.7 Å². The third-order valence-electron chi connectivity index (χ3n) is 7.48. The number of hydrogen-bond donors (Lipinski definition) is 7. The predicted molar refractivity (Wildman–Crippen MR) is 180 cm³/mol. The number of benzene rings is 1. The van der Waals surface area contributed by atoms with Gasteiger partial charge in [-0.1, -0.05) is 5.16 Å². The number of anilines is 1. The predicted octanol–water partition coefficient (Wildman–Crippen LogP) is -2.46. The first-order valence-electron chi connectivity index (χ1n) is 15.0. The number of carbonyl (C=O) groups excluding carboxylic acids is 2. The molecule has 0 bridgehead atoms. The van der Waals surface area contributed by atoms with Gasteiger partial charge in [-0.3, -0.25) is 18.8 Å². The number of amidine groups is 1. The van der Waals surface area contributed by atoms with Crippen LogP contribution in [0.4, 0.5) is 5.13 Å². The number of carboxylic acid groups (broad SMARTS) is 1. The molecule has 3 aromatic rings. The molecule has 3 atom stereocenters. The van der Waals surface area contributed by atoms with Crippen molar-refractivity contribution in [3.05, 3.63) is 53.6 Å². The lowest BCUT2D eigenvalue weighted by Gasteiger charge is -2.43. The quantitative estimate of drug-likeness (QED) is 0.0296. The van der Waals surface area contributed by atoms with E-state index < -0.39 is 58.6 Å². The second-order valence-corrected chi connectivity index (χ2v) is 13.2. The molecule has 0 aliphatic carbocycles. The van der Waals surface area contributed by atoms with Gasteiger partial charge in [-0.25, -0.2) is 24.1 Å². The molecule has 2 saturated heterocycles. The van der Waals surface area contributed by atoms with Crippen LogP contribution in [-0.2, 0) is 36.1 Å². The van der Waals surface area contributed by atoms with E-state index in [2.05, 4.69) is 40.8 Å². The smallest absolute Gasteiger partial charge is 0.362 e. The topological polar surface area (TPSA) is 330 Å². The van der Waals surface area contributed by atoms with Gasteiger partial charge in [0.1, 0.15) is 42.6 Å². The van der Waals surface area contributed by atoms with Crippen LogP contribution in [0.25, 0.3) is 0 Å². The summed E-state index contributed by atoms with van der Waals surface area (Å²) in [6.07, 6.45) is 2.33. The maximum atomic E-state index is 13.4. The molecule has 1 aromatic carbocycles. The fraction of sp³-hybridized carbons (Fsp3) is 0.370. The largest absolute Gasteiger partial charge is 0.489 e. The first kappa shape index (κ1) is 36.6. The summed E-state index contributed by atoms with van der Waals surface area (Å²) in [5.74, 6) is -3.35. The molecular weight excluding hydrogens is 715 g/mol. The number of piperidine rings is 1. The summed E-state index contributed by atoms with van der Waals surface area (Å²) in [4.78, 5) is 59.6. The highest BCUT2D eigenvalue weighted by Gasteiger charge is 2.54. The molecule has 2 fully saturated rings. The number of aliphatic carboxylic acids is 1. The van der Waals surface area contributed by atoms with Gasteiger partial charge in [0.15, 0.2) is 10.8 Å². The average molecular weight is 748 g/mol. The zero-order chi connectivity index (χ0) is 36.7. The number of ether oxygens (including phenoxy) is 1. The summed E-state index contributed by atoms with van der Waals surface area (Å²) >= 11 is 0.928. The van der Waals surface area contributed by atoms with Gasteiger partial charge in [-0.15, -0.1) is 11.3 Å². The maximum Gasteiger partial charge on any atom is 0.362 e. The van der Waals surface area contributed by atoms with Crippen LogP contribution in [0.1, 0.15) is 24.1 Å². The van der Waals surface area contributed by atoms with Crippen LogP contribution >= 0.6 is 11.3 Å². The van der Waals surface area contributed by atoms with Gasteiger partial charge in [-0.05, 0) is 50.2 Å². The number of aromatic nitrogens is 4. The molecule has 2 amide bonds. The number of thiazole rings is 1. The van der Waals surface area contributed by atoms with Gasteiger partial charge in [0, 0.05) is 10.9 Å². The van der Waals surface area contributed by atoms with Gasteiger partial charge in [-0.2, -0.15) is 18.5 Å². The lowest BCUT2D eigenvalue weighted by atomic mass is 9.98. The van der Waals surface area contributed by atoms with Crippen LogP contribution in [0, 0.1) is 0 Å². The average Bonchev–Trinajstić information content (AvgIpc) is 3.76. The number of guanidine groups is 1. The van der Waals surface area contributed by atoms with Crippen LogP contribution in [-0.4, -0.2) is 121 Å². The first-order chi connectivity index (χ1) is 24.3. The summed E-state index contributed by atoms with van der Waals surface area (Å²) in [7, 11) is -5.00. The van der Waals surface area contributed by atoms with Gasteiger partial charge >= 0.3 is 16.3 Å². The number of rotatable bonds is 14. The highest BCUT2D eigenvalue weighted by atomic mass is 32.2. The number of nitrogens with zero attached hydrogens (tertiary/aromatic N) is 8. The summed E-state index contributed by atoms with van der Waals surface area (Å²) in [5, 5.41) is 24.2. The minimum absolute atomic E-state index is 0.0239. The Balaban J connectivity index is 1.25. The Hall–Kier alpha value is -5.72. The van der Waals surface area contributed by atoms with Crippen molar-refractivity contribution in [2.75, 3.05) is 25.4 Å². The lowest BCUT2D eigenvalue weighted by molar-refractivity contribution is -0.152. The molecule has 5 rings (SSSR count). The van der Waals surface area contributed by atoms with E-state index in [1.165, 1.54) is 28.5 Å². The maximum absolute atomic E-state index is 13.4. The van der Waals surface area contributed by atoms with Crippen molar-refractivity contribution in [3.8, 4) is 5.75 Å². The van der Waals surface area contributed by atoms with E-state index in [9.17, 15) is 32.5 Å². The van der Waals surface area contributed by atoms with Crippen molar-refractivity contribution in [3.63, 3.8) is 0 Å². The lowest BCUT2D eigenvalue weighted by Crippen LogP contribution is -2.73. The Morgan fingerprint density at radius 1 is 1.20 bits per heavy atom. The molecule has 2 aromatic heterocycles. The second-order valence-electron chi connectivity index (χ2n) is 11.0. The number of amides is 2. The van der Waals surface area contributed by atoms with Gasteiger partial charge in [0.2, 0.25) is 5.96 Å². The zero-order valence-electron chi connectivity index (χ0n) is 26.5. The Kier molecular flexibility index (Phi) is 11.4. The number of aliphatic imine (C=N–C) groups is 2. The van der Waals surface area contributed by atoms with Crippen molar-refractivity contribution >= 4 is 62.1 Å². The Morgan fingerprint density at radius 3 is 2.53 bits per heavy atom. The molecule has 24 heteroatoms. The fourth-order valence-electron chi connectivity index (χ4n) is 4.97. The molecular formula is C27H33N13O9S2. The second kappa shape index (κ2) is 15.9. The van der Waals surface area contributed by atoms with Gasteiger partial charge < -0.3 is 42.5 Å². The number of carbonyl (C=O) groups is 3. The summed E-state index contributed by atoms with van der Waals surface area (Å²) in [5.41, 5.74) is 17.5. The standard InChI is InChI=1S/C27H33N13O9S2/c28-22(37-26(29)34-15-5-7-31-8-6-15)14-1-3-16(4-2-14)48-10-19(25(43)44)49-38-20(17-11-50-27(30)35-17)23(41)36-21-18(9-39-13-32-12-33-39)40(24(21)42)51(45,46)47/h1-4,11-13,15,18-19,21,31H,5-10H2,(H2,30,35)(H,36,41)(H,43,44)(H,45,46,47)(H4,28,29,34,37)/b38-20-/t18-,19+,21+/m1/s1. The van der Waals surface area contributed by atoms with Gasteiger partial charge in [0.05, 0.1) is 18.6 Å².